The number of likely N-dealkylation sites (tertiary alicyclic amines) is 1. The van der Waals surface area contributed by atoms with E-state index in [0.29, 0.717) is 25.5 Å². The Bertz CT molecular complexity index is 707. The van der Waals surface area contributed by atoms with Crippen LogP contribution in [0.25, 0.3) is 0 Å². The zero-order valence-corrected chi connectivity index (χ0v) is 18.0. The summed E-state index contributed by atoms with van der Waals surface area (Å²) in [4.78, 5) is 23.8. The van der Waals surface area contributed by atoms with Crippen molar-refractivity contribution in [3.8, 4) is 6.01 Å². The number of ether oxygens (including phenoxy) is 1. The Morgan fingerprint density at radius 2 is 1.71 bits per heavy atom. The summed E-state index contributed by atoms with van der Waals surface area (Å²) in [7, 11) is 0. The monoisotopic (exact) mass is 389 g/mol. The molecule has 0 bridgehead atoms. The second-order valence-electron chi connectivity index (χ2n) is 9.74. The molecule has 2 heterocycles. The van der Waals surface area contributed by atoms with E-state index in [1.807, 2.05) is 38.7 Å². The van der Waals surface area contributed by atoms with E-state index in [-0.39, 0.29) is 17.9 Å². The van der Waals surface area contributed by atoms with Crippen LogP contribution in [0.5, 0.6) is 6.01 Å². The van der Waals surface area contributed by atoms with Crippen molar-refractivity contribution >= 4 is 5.91 Å². The zero-order chi connectivity index (χ0) is 20.6. The highest BCUT2D eigenvalue weighted by Gasteiger charge is 2.51. The molecule has 1 saturated heterocycles. The fourth-order valence-corrected chi connectivity index (χ4v) is 4.67. The van der Waals surface area contributed by atoms with Crippen molar-refractivity contribution in [1.82, 2.24) is 14.9 Å². The molecule has 0 aromatic carbocycles. The maximum absolute atomic E-state index is 13.2. The van der Waals surface area contributed by atoms with Gasteiger partial charge in [-0.15, -0.1) is 0 Å². The Balaban J connectivity index is 1.67. The molecule has 0 radical (unpaired) electrons. The first kappa shape index (κ1) is 21.0. The summed E-state index contributed by atoms with van der Waals surface area (Å²) in [6.45, 7) is 11.2. The second kappa shape index (κ2) is 7.62. The van der Waals surface area contributed by atoms with Gasteiger partial charge in [0.05, 0.1) is 0 Å². The lowest BCUT2D eigenvalue weighted by atomic mass is 9.69. The minimum atomic E-state index is -1.03. The molecule has 1 aliphatic carbocycles. The molecule has 0 spiro atoms. The molecule has 28 heavy (non-hydrogen) atoms. The SMILES string of the molecule is Cc1cc(C)nc(OCC2(O)CCN(C(=O)C3(C)CCCCC3)CC2(C)C)n1. The quantitative estimate of drug-likeness (QED) is 0.854. The van der Waals surface area contributed by atoms with Crippen LogP contribution in [-0.4, -0.2) is 51.2 Å². The third-order valence-electron chi connectivity index (χ3n) is 6.80. The topological polar surface area (TPSA) is 75.6 Å². The van der Waals surface area contributed by atoms with Crippen LogP contribution >= 0.6 is 0 Å². The smallest absolute Gasteiger partial charge is 0.316 e. The van der Waals surface area contributed by atoms with Crippen molar-refractivity contribution in [2.75, 3.05) is 19.7 Å². The second-order valence-corrected chi connectivity index (χ2v) is 9.74. The molecule has 1 aromatic heterocycles. The molecular formula is C22H35N3O3. The van der Waals surface area contributed by atoms with E-state index in [2.05, 4.69) is 16.9 Å². The summed E-state index contributed by atoms with van der Waals surface area (Å²) >= 11 is 0. The third-order valence-corrected chi connectivity index (χ3v) is 6.80. The molecule has 1 unspecified atom stereocenters. The van der Waals surface area contributed by atoms with Crippen molar-refractivity contribution in [2.45, 2.75) is 78.7 Å². The molecule has 156 valence electrons. The predicted molar refractivity (Wildman–Crippen MR) is 108 cm³/mol. The van der Waals surface area contributed by atoms with Crippen LogP contribution in [0.2, 0.25) is 0 Å². The first-order valence-electron chi connectivity index (χ1n) is 10.5. The molecule has 6 nitrogen and oxygen atoms in total. The van der Waals surface area contributed by atoms with Gasteiger partial charge in [0.2, 0.25) is 5.91 Å². The average Bonchev–Trinajstić information content (AvgIpc) is 2.62. The average molecular weight is 390 g/mol. The Labute approximate surface area is 168 Å². The fourth-order valence-electron chi connectivity index (χ4n) is 4.67. The molecule has 3 rings (SSSR count). The summed E-state index contributed by atoms with van der Waals surface area (Å²) < 4.78 is 5.80. The van der Waals surface area contributed by atoms with Crippen molar-refractivity contribution < 1.29 is 14.6 Å². The Hall–Kier alpha value is -1.69. The van der Waals surface area contributed by atoms with E-state index in [4.69, 9.17) is 4.74 Å². The zero-order valence-electron chi connectivity index (χ0n) is 18.0. The van der Waals surface area contributed by atoms with Gasteiger partial charge in [0.15, 0.2) is 0 Å². The minimum Gasteiger partial charge on any atom is -0.460 e. The van der Waals surface area contributed by atoms with Crippen molar-refractivity contribution in [3.05, 3.63) is 17.5 Å². The van der Waals surface area contributed by atoms with Gasteiger partial charge in [-0.05, 0) is 39.2 Å². The lowest BCUT2D eigenvalue weighted by molar-refractivity contribution is -0.166. The highest BCUT2D eigenvalue weighted by molar-refractivity contribution is 5.82. The van der Waals surface area contributed by atoms with Gasteiger partial charge in [0.1, 0.15) is 12.2 Å². The summed E-state index contributed by atoms with van der Waals surface area (Å²) in [5.41, 5.74) is -0.0687. The predicted octanol–water partition coefficient (Wildman–Crippen LogP) is 3.43. The fraction of sp³-hybridized carbons (Fsp3) is 0.773. The molecule has 1 amide bonds. The molecule has 2 fully saturated rings. The third kappa shape index (κ3) is 4.17. The van der Waals surface area contributed by atoms with E-state index >= 15 is 0 Å². The number of aromatic nitrogens is 2. The van der Waals surface area contributed by atoms with Crippen LogP contribution in [0, 0.1) is 24.7 Å². The Morgan fingerprint density at radius 3 is 2.29 bits per heavy atom. The number of aryl methyl sites for hydroxylation is 2. The normalized spacial score (nSPS) is 26.7. The highest BCUT2D eigenvalue weighted by atomic mass is 16.5. The molecule has 1 saturated carbocycles. The van der Waals surface area contributed by atoms with E-state index in [9.17, 15) is 9.90 Å². The maximum atomic E-state index is 13.2. The van der Waals surface area contributed by atoms with Gasteiger partial charge in [0.25, 0.3) is 0 Å². The molecule has 6 heteroatoms. The van der Waals surface area contributed by atoms with E-state index in [0.717, 1.165) is 37.1 Å². The highest BCUT2D eigenvalue weighted by Crippen LogP contribution is 2.43. The number of amides is 1. The maximum Gasteiger partial charge on any atom is 0.316 e. The first-order chi connectivity index (χ1) is 13.0. The van der Waals surface area contributed by atoms with Crippen LogP contribution in [0.3, 0.4) is 0 Å². The summed E-state index contributed by atoms with van der Waals surface area (Å²) in [6.07, 6.45) is 5.93. The largest absolute Gasteiger partial charge is 0.460 e. The van der Waals surface area contributed by atoms with Gasteiger partial charge in [-0.3, -0.25) is 4.79 Å². The summed E-state index contributed by atoms with van der Waals surface area (Å²) in [5, 5.41) is 11.4. The lowest BCUT2D eigenvalue weighted by Gasteiger charge is -2.51. The van der Waals surface area contributed by atoms with Crippen LogP contribution in [0.1, 0.15) is 70.7 Å². The van der Waals surface area contributed by atoms with Gasteiger partial charge >= 0.3 is 6.01 Å². The summed E-state index contributed by atoms with van der Waals surface area (Å²) in [6, 6.07) is 2.19. The number of aliphatic hydroxyl groups is 1. The molecule has 1 N–H and O–H groups in total. The number of carbonyl (C=O) groups excluding carboxylic acids is 1. The molecule has 1 aromatic rings. The molecule has 1 aliphatic heterocycles. The molecular weight excluding hydrogens is 354 g/mol. The van der Waals surface area contributed by atoms with E-state index in [1.165, 1.54) is 6.42 Å². The van der Waals surface area contributed by atoms with Crippen molar-refractivity contribution in [2.24, 2.45) is 10.8 Å². The van der Waals surface area contributed by atoms with Gasteiger partial charge in [0, 0.05) is 35.3 Å². The van der Waals surface area contributed by atoms with Gasteiger partial charge in [-0.1, -0.05) is 40.0 Å². The van der Waals surface area contributed by atoms with Gasteiger partial charge < -0.3 is 14.7 Å². The molecule has 2 aliphatic rings. The number of rotatable bonds is 4. The Kier molecular flexibility index (Phi) is 5.72. The Morgan fingerprint density at radius 1 is 1.11 bits per heavy atom. The molecule has 1 atom stereocenters. The van der Waals surface area contributed by atoms with Crippen molar-refractivity contribution in [3.63, 3.8) is 0 Å². The standard InChI is InChI=1S/C22H35N3O3/c1-16-13-17(2)24-19(23-16)28-15-22(27)11-12-25(14-20(22,3)4)18(26)21(5)9-7-6-8-10-21/h13,27H,6-12,14-15H2,1-5H3. The lowest BCUT2D eigenvalue weighted by Crippen LogP contribution is -2.62. The number of hydrogen-bond donors (Lipinski definition) is 1. The number of piperidine rings is 1. The van der Waals surface area contributed by atoms with Crippen molar-refractivity contribution in [1.29, 1.82) is 0 Å². The van der Waals surface area contributed by atoms with Gasteiger partial charge in [-0.25, -0.2) is 9.97 Å². The van der Waals surface area contributed by atoms with Gasteiger partial charge in [-0.2, -0.15) is 0 Å². The number of hydrogen-bond acceptors (Lipinski definition) is 5. The number of nitrogens with zero attached hydrogens (tertiary/aromatic N) is 3. The van der Waals surface area contributed by atoms with E-state index in [1.54, 1.807) is 0 Å². The summed E-state index contributed by atoms with van der Waals surface area (Å²) in [5.74, 6) is 0.251. The minimum absolute atomic E-state index is 0.127. The van der Waals surface area contributed by atoms with Crippen LogP contribution < -0.4 is 4.74 Å². The van der Waals surface area contributed by atoms with Crippen LogP contribution in [0.15, 0.2) is 6.07 Å². The van der Waals surface area contributed by atoms with Crippen LogP contribution in [0.4, 0.5) is 0 Å². The first-order valence-corrected chi connectivity index (χ1v) is 10.5. The number of carbonyl (C=O) groups is 1. The van der Waals surface area contributed by atoms with Crippen LogP contribution in [-0.2, 0) is 4.79 Å². The van der Waals surface area contributed by atoms with E-state index < -0.39 is 11.0 Å².